The molecule has 1 amide bonds. The molecule has 0 saturated heterocycles. The SMILES string of the molecule is CCNc1ccc(Cl)cc1NC(=O)C(C)O. The fraction of sp³-hybridized carbons (Fsp3) is 0.364. The maximum atomic E-state index is 11.3. The number of hydrogen-bond donors (Lipinski definition) is 3. The molecule has 0 radical (unpaired) electrons. The number of halogens is 1. The van der Waals surface area contributed by atoms with Crippen molar-refractivity contribution in [1.29, 1.82) is 0 Å². The third-order valence-corrected chi connectivity index (χ3v) is 2.22. The van der Waals surface area contributed by atoms with Crippen LogP contribution >= 0.6 is 11.6 Å². The van der Waals surface area contributed by atoms with E-state index in [4.69, 9.17) is 16.7 Å². The minimum absolute atomic E-state index is 0.457. The van der Waals surface area contributed by atoms with Gasteiger partial charge in [0, 0.05) is 11.6 Å². The van der Waals surface area contributed by atoms with Crippen molar-refractivity contribution in [2.24, 2.45) is 0 Å². The predicted molar refractivity (Wildman–Crippen MR) is 65.9 cm³/mol. The summed E-state index contributed by atoms with van der Waals surface area (Å²) in [7, 11) is 0. The second kappa shape index (κ2) is 5.72. The Kier molecular flexibility index (Phi) is 4.58. The molecule has 1 aromatic carbocycles. The van der Waals surface area contributed by atoms with E-state index in [-0.39, 0.29) is 0 Å². The molecule has 1 unspecified atom stereocenters. The topological polar surface area (TPSA) is 61.4 Å². The molecule has 16 heavy (non-hydrogen) atoms. The summed E-state index contributed by atoms with van der Waals surface area (Å²) in [6.07, 6.45) is -1.05. The Hall–Kier alpha value is -1.26. The van der Waals surface area contributed by atoms with Crippen LogP contribution in [0.5, 0.6) is 0 Å². The van der Waals surface area contributed by atoms with Crippen LogP contribution < -0.4 is 10.6 Å². The normalized spacial score (nSPS) is 12.0. The molecule has 1 rings (SSSR count). The lowest BCUT2D eigenvalue weighted by atomic mass is 10.2. The molecule has 0 aliphatic heterocycles. The molecular weight excluding hydrogens is 228 g/mol. The Morgan fingerprint density at radius 1 is 1.50 bits per heavy atom. The van der Waals surface area contributed by atoms with Crippen molar-refractivity contribution in [2.75, 3.05) is 17.2 Å². The zero-order chi connectivity index (χ0) is 12.1. The second-order valence-corrected chi connectivity index (χ2v) is 3.82. The quantitative estimate of drug-likeness (QED) is 0.758. The second-order valence-electron chi connectivity index (χ2n) is 3.39. The highest BCUT2D eigenvalue weighted by Crippen LogP contribution is 2.25. The first-order valence-electron chi connectivity index (χ1n) is 5.07. The summed E-state index contributed by atoms with van der Waals surface area (Å²) in [5, 5.41) is 15.3. The Labute approximate surface area is 99.6 Å². The molecule has 5 heteroatoms. The molecule has 0 aliphatic rings. The fourth-order valence-corrected chi connectivity index (χ4v) is 1.37. The van der Waals surface area contributed by atoms with Gasteiger partial charge in [-0.05, 0) is 32.0 Å². The highest BCUT2D eigenvalue weighted by Gasteiger charge is 2.11. The summed E-state index contributed by atoms with van der Waals surface area (Å²) in [5.41, 5.74) is 1.35. The van der Waals surface area contributed by atoms with Gasteiger partial charge in [-0.25, -0.2) is 0 Å². The van der Waals surface area contributed by atoms with Gasteiger partial charge in [0.05, 0.1) is 11.4 Å². The maximum absolute atomic E-state index is 11.3. The van der Waals surface area contributed by atoms with E-state index >= 15 is 0 Å². The lowest BCUT2D eigenvalue weighted by Gasteiger charge is -2.13. The van der Waals surface area contributed by atoms with Crippen molar-refractivity contribution in [2.45, 2.75) is 20.0 Å². The van der Waals surface area contributed by atoms with Gasteiger partial charge in [0.25, 0.3) is 5.91 Å². The molecule has 1 aromatic rings. The fourth-order valence-electron chi connectivity index (χ4n) is 1.20. The first-order valence-corrected chi connectivity index (χ1v) is 5.44. The van der Waals surface area contributed by atoms with E-state index in [0.29, 0.717) is 10.7 Å². The largest absolute Gasteiger partial charge is 0.384 e. The van der Waals surface area contributed by atoms with Crippen LogP contribution in [0.3, 0.4) is 0 Å². The van der Waals surface area contributed by atoms with Crippen LogP contribution in [0.4, 0.5) is 11.4 Å². The van der Waals surface area contributed by atoms with Gasteiger partial charge in [0.15, 0.2) is 0 Å². The molecule has 4 nitrogen and oxygen atoms in total. The molecule has 0 heterocycles. The Bertz CT molecular complexity index is 380. The van der Waals surface area contributed by atoms with Gasteiger partial charge in [-0.3, -0.25) is 4.79 Å². The van der Waals surface area contributed by atoms with Gasteiger partial charge in [-0.15, -0.1) is 0 Å². The number of aliphatic hydroxyl groups excluding tert-OH is 1. The van der Waals surface area contributed by atoms with E-state index in [9.17, 15) is 4.79 Å². The Balaban J connectivity index is 2.91. The molecule has 1 atom stereocenters. The van der Waals surface area contributed by atoms with Crippen LogP contribution in [-0.2, 0) is 4.79 Å². The smallest absolute Gasteiger partial charge is 0.252 e. The van der Waals surface area contributed by atoms with Crippen molar-refractivity contribution < 1.29 is 9.90 Å². The van der Waals surface area contributed by atoms with Crippen LogP contribution in [0.25, 0.3) is 0 Å². The molecule has 0 fully saturated rings. The first kappa shape index (κ1) is 12.8. The molecule has 0 saturated carbocycles. The molecule has 0 bridgehead atoms. The van der Waals surface area contributed by atoms with E-state index in [1.807, 2.05) is 6.92 Å². The number of carbonyl (C=O) groups is 1. The number of anilines is 2. The minimum Gasteiger partial charge on any atom is -0.384 e. The standard InChI is InChI=1S/C11H15ClN2O2/c1-3-13-9-5-4-8(12)6-10(9)14-11(16)7(2)15/h4-7,13,15H,3H2,1-2H3,(H,14,16). The van der Waals surface area contributed by atoms with Crippen LogP contribution in [0.2, 0.25) is 5.02 Å². The van der Waals surface area contributed by atoms with E-state index in [1.165, 1.54) is 6.92 Å². The summed E-state index contributed by atoms with van der Waals surface area (Å²) >= 11 is 5.84. The maximum Gasteiger partial charge on any atom is 0.252 e. The Morgan fingerprint density at radius 3 is 2.75 bits per heavy atom. The van der Waals surface area contributed by atoms with E-state index in [1.54, 1.807) is 18.2 Å². The summed E-state index contributed by atoms with van der Waals surface area (Å²) in [4.78, 5) is 11.3. The average molecular weight is 243 g/mol. The molecule has 0 spiro atoms. The number of nitrogens with one attached hydrogen (secondary N) is 2. The number of carbonyl (C=O) groups excluding carboxylic acids is 1. The van der Waals surface area contributed by atoms with Gasteiger partial charge >= 0.3 is 0 Å². The van der Waals surface area contributed by atoms with Crippen LogP contribution in [0.1, 0.15) is 13.8 Å². The van der Waals surface area contributed by atoms with Crippen molar-refractivity contribution in [1.82, 2.24) is 0 Å². The average Bonchev–Trinajstić information content (AvgIpc) is 2.22. The summed E-state index contributed by atoms with van der Waals surface area (Å²) in [5.74, 6) is -0.457. The first-order chi connectivity index (χ1) is 7.54. The van der Waals surface area contributed by atoms with E-state index < -0.39 is 12.0 Å². The zero-order valence-corrected chi connectivity index (χ0v) is 10.0. The third kappa shape index (κ3) is 3.40. The summed E-state index contributed by atoms with van der Waals surface area (Å²) in [6.45, 7) is 4.10. The van der Waals surface area contributed by atoms with E-state index in [2.05, 4.69) is 10.6 Å². The molecule has 88 valence electrons. The van der Waals surface area contributed by atoms with Gasteiger partial charge in [0.1, 0.15) is 6.10 Å². The molecular formula is C11H15ClN2O2. The molecule has 3 N–H and O–H groups in total. The highest BCUT2D eigenvalue weighted by atomic mass is 35.5. The molecule has 0 aliphatic carbocycles. The van der Waals surface area contributed by atoms with Crippen LogP contribution in [0.15, 0.2) is 18.2 Å². The van der Waals surface area contributed by atoms with Gasteiger partial charge in [0.2, 0.25) is 0 Å². The van der Waals surface area contributed by atoms with Crippen LogP contribution in [0, 0.1) is 0 Å². The van der Waals surface area contributed by atoms with Crippen LogP contribution in [-0.4, -0.2) is 23.7 Å². The summed E-state index contributed by atoms with van der Waals surface area (Å²) in [6, 6.07) is 5.15. The van der Waals surface area contributed by atoms with Gasteiger partial charge in [-0.1, -0.05) is 11.6 Å². The minimum atomic E-state index is -1.05. The van der Waals surface area contributed by atoms with Gasteiger partial charge < -0.3 is 15.7 Å². The Morgan fingerprint density at radius 2 is 2.19 bits per heavy atom. The monoisotopic (exact) mass is 242 g/mol. The lowest BCUT2D eigenvalue weighted by molar-refractivity contribution is -0.123. The predicted octanol–water partition coefficient (Wildman–Crippen LogP) is 2.09. The van der Waals surface area contributed by atoms with Crippen molar-refractivity contribution in [3.8, 4) is 0 Å². The number of rotatable bonds is 4. The third-order valence-electron chi connectivity index (χ3n) is 1.99. The number of benzene rings is 1. The number of amides is 1. The van der Waals surface area contributed by atoms with Gasteiger partial charge in [-0.2, -0.15) is 0 Å². The summed E-state index contributed by atoms with van der Waals surface area (Å²) < 4.78 is 0. The zero-order valence-electron chi connectivity index (χ0n) is 9.25. The number of hydrogen-bond acceptors (Lipinski definition) is 3. The van der Waals surface area contributed by atoms with Crippen molar-refractivity contribution in [3.63, 3.8) is 0 Å². The van der Waals surface area contributed by atoms with Crippen molar-refractivity contribution in [3.05, 3.63) is 23.2 Å². The molecule has 0 aromatic heterocycles. The highest BCUT2D eigenvalue weighted by molar-refractivity contribution is 6.31. The lowest BCUT2D eigenvalue weighted by Crippen LogP contribution is -2.25. The van der Waals surface area contributed by atoms with Crippen molar-refractivity contribution >= 4 is 28.9 Å². The van der Waals surface area contributed by atoms with E-state index in [0.717, 1.165) is 12.2 Å². The number of aliphatic hydroxyl groups is 1.